The Labute approximate surface area is 249 Å². The number of hydrogen-bond acceptors (Lipinski definition) is 8. The zero-order chi connectivity index (χ0) is 30.1. The number of benzene rings is 2. The van der Waals surface area contributed by atoms with E-state index in [2.05, 4.69) is 11.8 Å². The number of morpholine rings is 1. The van der Waals surface area contributed by atoms with Crippen molar-refractivity contribution < 1.29 is 33.6 Å². The summed E-state index contributed by atoms with van der Waals surface area (Å²) in [5.41, 5.74) is 2.02. The Kier molecular flexibility index (Phi) is 11.3. The van der Waals surface area contributed by atoms with Crippen LogP contribution in [0.5, 0.6) is 17.2 Å². The average Bonchev–Trinajstić information content (AvgIpc) is 3.26. The van der Waals surface area contributed by atoms with Gasteiger partial charge in [-0.1, -0.05) is 26.3 Å². The summed E-state index contributed by atoms with van der Waals surface area (Å²) in [6, 6.07) is 9.98. The molecule has 1 unspecified atom stereocenters. The van der Waals surface area contributed by atoms with Gasteiger partial charge in [0.1, 0.15) is 11.5 Å². The van der Waals surface area contributed by atoms with Crippen LogP contribution in [0.2, 0.25) is 0 Å². The van der Waals surface area contributed by atoms with Crippen molar-refractivity contribution in [3.05, 3.63) is 58.7 Å². The first-order valence-electron chi connectivity index (χ1n) is 15.0. The minimum Gasteiger partial charge on any atom is -0.507 e. The number of amides is 1. The van der Waals surface area contributed by atoms with Gasteiger partial charge in [0.25, 0.3) is 11.7 Å². The maximum atomic E-state index is 13.6. The molecule has 228 valence electrons. The number of Topliss-reactive ketones (excluding diaryl/α,β-unsaturated/α-hetero) is 1. The third kappa shape index (κ3) is 7.25. The number of ether oxygens (including phenoxy) is 4. The minimum atomic E-state index is -0.774. The topological polar surface area (TPSA) is 97.8 Å². The summed E-state index contributed by atoms with van der Waals surface area (Å²) in [6.45, 7) is 11.4. The molecule has 0 spiro atoms. The normalized spacial score (nSPS) is 18.9. The van der Waals surface area contributed by atoms with E-state index in [9.17, 15) is 14.7 Å². The van der Waals surface area contributed by atoms with E-state index in [4.69, 9.17) is 18.9 Å². The Morgan fingerprint density at radius 3 is 2.36 bits per heavy atom. The lowest BCUT2D eigenvalue weighted by Crippen LogP contribution is -2.39. The summed E-state index contributed by atoms with van der Waals surface area (Å²) >= 11 is 0. The molecule has 0 saturated carbocycles. The van der Waals surface area contributed by atoms with Crippen molar-refractivity contribution in [2.45, 2.75) is 52.5 Å². The van der Waals surface area contributed by atoms with Crippen molar-refractivity contribution >= 4 is 17.4 Å². The number of ketones is 1. The highest BCUT2D eigenvalue weighted by Gasteiger charge is 2.46. The fourth-order valence-corrected chi connectivity index (χ4v) is 5.37. The first kappa shape index (κ1) is 31.4. The van der Waals surface area contributed by atoms with Crippen molar-refractivity contribution in [2.24, 2.45) is 0 Å². The van der Waals surface area contributed by atoms with Gasteiger partial charge in [-0.05, 0) is 67.6 Å². The molecule has 2 aromatic rings. The third-order valence-electron chi connectivity index (χ3n) is 7.69. The Bertz CT molecular complexity index is 1270. The second-order valence-corrected chi connectivity index (χ2v) is 10.7. The highest BCUT2D eigenvalue weighted by Crippen LogP contribution is 2.42. The largest absolute Gasteiger partial charge is 0.507 e. The molecule has 2 aliphatic rings. The van der Waals surface area contributed by atoms with Gasteiger partial charge < -0.3 is 29.0 Å². The molecule has 2 saturated heterocycles. The predicted octanol–water partition coefficient (Wildman–Crippen LogP) is 5.12. The Balaban J connectivity index is 1.71. The molecule has 2 aliphatic heterocycles. The molecule has 42 heavy (non-hydrogen) atoms. The molecule has 2 fully saturated rings. The zero-order valence-corrected chi connectivity index (χ0v) is 25.3. The van der Waals surface area contributed by atoms with Crippen molar-refractivity contribution in [1.29, 1.82) is 0 Å². The average molecular weight is 581 g/mol. The lowest BCUT2D eigenvalue weighted by molar-refractivity contribution is -0.140. The third-order valence-corrected chi connectivity index (χ3v) is 7.69. The molecule has 4 rings (SSSR count). The number of aliphatic hydroxyl groups excluding tert-OH is 1. The quantitative estimate of drug-likeness (QED) is 0.142. The molecule has 9 nitrogen and oxygen atoms in total. The number of methoxy groups -OCH3 is 1. The van der Waals surface area contributed by atoms with E-state index in [1.165, 1.54) is 0 Å². The molecular weight excluding hydrogens is 536 g/mol. The molecule has 9 heteroatoms. The van der Waals surface area contributed by atoms with Gasteiger partial charge in [0.15, 0.2) is 11.5 Å². The molecule has 2 heterocycles. The second kappa shape index (κ2) is 15.1. The van der Waals surface area contributed by atoms with Gasteiger partial charge in [-0.2, -0.15) is 0 Å². The molecular formula is C33H44N2O7. The maximum Gasteiger partial charge on any atom is 0.295 e. The number of aryl methyl sites for hydroxylation is 1. The smallest absolute Gasteiger partial charge is 0.295 e. The van der Waals surface area contributed by atoms with Crippen LogP contribution in [0.25, 0.3) is 5.76 Å². The van der Waals surface area contributed by atoms with Crippen LogP contribution in [0.1, 0.15) is 62.3 Å². The van der Waals surface area contributed by atoms with Crippen molar-refractivity contribution in [1.82, 2.24) is 9.80 Å². The van der Waals surface area contributed by atoms with E-state index < -0.39 is 17.7 Å². The summed E-state index contributed by atoms with van der Waals surface area (Å²) in [4.78, 5) is 30.9. The van der Waals surface area contributed by atoms with Crippen LogP contribution >= 0.6 is 0 Å². The van der Waals surface area contributed by atoms with Crippen molar-refractivity contribution in [2.75, 3.05) is 59.7 Å². The molecule has 1 atom stereocenters. The SMILES string of the molecule is CCCCOc1ccc(C2C(=C(O)c3ccc(OCCC)c(C)c3)C(=O)C(=O)N2CCCN2CCOCC2)cc1OC. The van der Waals surface area contributed by atoms with Gasteiger partial charge in [0.05, 0.1) is 45.2 Å². The van der Waals surface area contributed by atoms with Gasteiger partial charge in [-0.25, -0.2) is 0 Å². The lowest BCUT2D eigenvalue weighted by Gasteiger charge is -2.29. The number of likely N-dealkylation sites (tertiary alicyclic amines) is 1. The molecule has 0 aliphatic carbocycles. The lowest BCUT2D eigenvalue weighted by atomic mass is 9.94. The number of nitrogens with zero attached hydrogens (tertiary/aromatic N) is 2. The van der Waals surface area contributed by atoms with Crippen LogP contribution < -0.4 is 14.2 Å². The molecule has 2 aromatic carbocycles. The van der Waals surface area contributed by atoms with Gasteiger partial charge >= 0.3 is 0 Å². The highest BCUT2D eigenvalue weighted by molar-refractivity contribution is 6.46. The van der Waals surface area contributed by atoms with E-state index >= 15 is 0 Å². The maximum absolute atomic E-state index is 13.6. The monoisotopic (exact) mass is 580 g/mol. The first-order valence-corrected chi connectivity index (χ1v) is 15.0. The fraction of sp³-hybridized carbons (Fsp3) is 0.515. The molecule has 0 bridgehead atoms. The van der Waals surface area contributed by atoms with Gasteiger partial charge in [0.2, 0.25) is 0 Å². The minimum absolute atomic E-state index is 0.0645. The number of rotatable bonds is 14. The zero-order valence-electron chi connectivity index (χ0n) is 25.3. The Hall–Kier alpha value is -3.56. The van der Waals surface area contributed by atoms with Crippen molar-refractivity contribution in [3.8, 4) is 17.2 Å². The highest BCUT2D eigenvalue weighted by atomic mass is 16.5. The predicted molar refractivity (Wildman–Crippen MR) is 161 cm³/mol. The number of hydrogen-bond donors (Lipinski definition) is 1. The summed E-state index contributed by atoms with van der Waals surface area (Å²) in [7, 11) is 1.57. The van der Waals surface area contributed by atoms with Gasteiger partial charge in [-0.3, -0.25) is 14.5 Å². The van der Waals surface area contributed by atoms with E-state index in [0.717, 1.165) is 50.2 Å². The standard InChI is InChI=1S/C33H44N2O7/c1-5-7-18-42-27-12-9-24(22-28(27)39-4)30-29(31(36)25-10-11-26(23(3)21-25)41-17-6-2)32(37)33(38)35(30)14-8-13-34-15-19-40-20-16-34/h9-12,21-22,30,36H,5-8,13-20H2,1-4H3. The number of unbranched alkanes of at least 4 members (excludes halogenated alkanes) is 1. The summed E-state index contributed by atoms with van der Waals surface area (Å²) < 4.78 is 22.8. The van der Waals surface area contributed by atoms with Crippen LogP contribution in [0.4, 0.5) is 0 Å². The molecule has 1 N–H and O–H groups in total. The van der Waals surface area contributed by atoms with Gasteiger partial charge in [0, 0.05) is 31.7 Å². The molecule has 1 amide bonds. The Morgan fingerprint density at radius 2 is 1.67 bits per heavy atom. The summed E-state index contributed by atoms with van der Waals surface area (Å²) in [6.07, 6.45) is 3.48. The summed E-state index contributed by atoms with van der Waals surface area (Å²) in [5, 5.41) is 11.6. The number of aliphatic hydroxyl groups is 1. The van der Waals surface area contributed by atoms with Crippen LogP contribution in [0.15, 0.2) is 42.0 Å². The first-order chi connectivity index (χ1) is 20.4. The van der Waals surface area contributed by atoms with Crippen LogP contribution in [0, 0.1) is 6.92 Å². The van der Waals surface area contributed by atoms with Crippen LogP contribution in [-0.4, -0.2) is 86.3 Å². The van der Waals surface area contributed by atoms with E-state index in [-0.39, 0.29) is 11.3 Å². The van der Waals surface area contributed by atoms with E-state index in [1.807, 2.05) is 26.0 Å². The number of carbonyl (C=O) groups is 2. The van der Waals surface area contributed by atoms with Crippen LogP contribution in [0.3, 0.4) is 0 Å². The van der Waals surface area contributed by atoms with Crippen molar-refractivity contribution in [3.63, 3.8) is 0 Å². The fourth-order valence-electron chi connectivity index (χ4n) is 5.37. The summed E-state index contributed by atoms with van der Waals surface area (Å²) in [5.74, 6) is 0.298. The van der Waals surface area contributed by atoms with E-state index in [0.29, 0.717) is 62.0 Å². The second-order valence-electron chi connectivity index (χ2n) is 10.7. The molecule has 0 aromatic heterocycles. The molecule has 0 radical (unpaired) electrons. The number of carbonyl (C=O) groups excluding carboxylic acids is 2. The van der Waals surface area contributed by atoms with Gasteiger partial charge in [-0.15, -0.1) is 0 Å². The van der Waals surface area contributed by atoms with E-state index in [1.54, 1.807) is 36.3 Å². The van der Waals surface area contributed by atoms with Crippen LogP contribution in [-0.2, 0) is 14.3 Å². The Morgan fingerprint density at radius 1 is 0.929 bits per heavy atom.